The van der Waals surface area contributed by atoms with Gasteiger partial charge in [0.25, 0.3) is 0 Å². The number of hydrogen-bond donors (Lipinski definition) is 0. The summed E-state index contributed by atoms with van der Waals surface area (Å²) in [5.41, 5.74) is 16.6. The first-order valence-corrected chi connectivity index (χ1v) is 18.7. The largest absolute Gasteiger partial charge is 0.264 e. The Bertz CT molecular complexity index is 2720. The van der Waals surface area contributed by atoms with E-state index in [-0.39, 0.29) is 0 Å². The van der Waals surface area contributed by atoms with Crippen molar-refractivity contribution in [2.45, 2.75) is 5.41 Å². The van der Waals surface area contributed by atoms with Crippen LogP contribution in [0, 0.1) is 0 Å². The van der Waals surface area contributed by atoms with Gasteiger partial charge in [-0.15, -0.1) is 0 Å². The molecule has 1 aliphatic carbocycles. The van der Waals surface area contributed by atoms with Gasteiger partial charge in [-0.1, -0.05) is 176 Å². The summed E-state index contributed by atoms with van der Waals surface area (Å²) in [4.78, 5) is 14.5. The smallest absolute Gasteiger partial charge is 0.160 e. The van der Waals surface area contributed by atoms with E-state index in [1.807, 2.05) is 24.4 Å². The molecule has 2 heterocycles. The van der Waals surface area contributed by atoms with E-state index in [4.69, 9.17) is 9.97 Å². The topological polar surface area (TPSA) is 38.7 Å². The summed E-state index contributed by atoms with van der Waals surface area (Å²) < 4.78 is 0. The average Bonchev–Trinajstić information content (AvgIpc) is 3.58. The Kier molecular flexibility index (Phi) is 8.04. The monoisotopic (exact) mass is 701 g/mol. The van der Waals surface area contributed by atoms with Crippen LogP contribution in [0.5, 0.6) is 0 Å². The first-order valence-electron chi connectivity index (χ1n) is 18.7. The van der Waals surface area contributed by atoms with Gasteiger partial charge >= 0.3 is 0 Å². The van der Waals surface area contributed by atoms with Crippen LogP contribution >= 0.6 is 0 Å². The third-order valence-electron chi connectivity index (χ3n) is 10.9. The number of aromatic nitrogens is 3. The molecule has 7 aromatic carbocycles. The Morgan fingerprint density at radius 1 is 0.327 bits per heavy atom. The van der Waals surface area contributed by atoms with E-state index in [9.17, 15) is 0 Å². The number of benzene rings is 7. The molecule has 0 amide bonds. The molecule has 0 saturated carbocycles. The summed E-state index contributed by atoms with van der Waals surface area (Å²) in [6, 6.07) is 71.5. The molecule has 0 fully saturated rings. The molecule has 3 heteroatoms. The van der Waals surface area contributed by atoms with E-state index in [1.165, 1.54) is 44.5 Å². The van der Waals surface area contributed by atoms with Gasteiger partial charge in [0.05, 0.1) is 16.8 Å². The van der Waals surface area contributed by atoms with Crippen LogP contribution in [0.15, 0.2) is 213 Å². The molecule has 258 valence electrons. The van der Waals surface area contributed by atoms with Crippen LogP contribution in [0.25, 0.3) is 67.3 Å². The van der Waals surface area contributed by atoms with Gasteiger partial charge < -0.3 is 0 Å². The minimum atomic E-state index is -0.407. The molecule has 0 unspecified atom stereocenters. The van der Waals surface area contributed by atoms with Gasteiger partial charge in [-0.3, -0.25) is 4.98 Å². The van der Waals surface area contributed by atoms with Crippen molar-refractivity contribution in [1.82, 2.24) is 15.0 Å². The van der Waals surface area contributed by atoms with Crippen LogP contribution in [0.2, 0.25) is 0 Å². The maximum absolute atomic E-state index is 5.12. The van der Waals surface area contributed by atoms with Crippen molar-refractivity contribution in [3.05, 3.63) is 235 Å². The maximum Gasteiger partial charge on any atom is 0.160 e. The fourth-order valence-electron chi connectivity index (χ4n) is 8.29. The lowest BCUT2D eigenvalue weighted by molar-refractivity contribution is 0.768. The zero-order valence-electron chi connectivity index (χ0n) is 30.0. The molecule has 55 heavy (non-hydrogen) atoms. The Balaban J connectivity index is 1.04. The van der Waals surface area contributed by atoms with Crippen LogP contribution in [0.1, 0.15) is 22.3 Å². The third-order valence-corrected chi connectivity index (χ3v) is 10.9. The minimum absolute atomic E-state index is 0.407. The van der Waals surface area contributed by atoms with Gasteiger partial charge in [-0.2, -0.15) is 0 Å². The Labute approximate surface area is 321 Å². The van der Waals surface area contributed by atoms with Gasteiger partial charge in [0.1, 0.15) is 0 Å². The number of hydrogen-bond acceptors (Lipinski definition) is 3. The number of pyridine rings is 1. The lowest BCUT2D eigenvalue weighted by Gasteiger charge is -2.33. The van der Waals surface area contributed by atoms with Gasteiger partial charge in [-0.25, -0.2) is 9.97 Å². The second-order valence-electron chi connectivity index (χ2n) is 14.0. The fraction of sp³-hybridized carbons (Fsp3) is 0.0192. The highest BCUT2D eigenvalue weighted by atomic mass is 14.9. The first-order chi connectivity index (χ1) is 27.3. The average molecular weight is 702 g/mol. The summed E-state index contributed by atoms with van der Waals surface area (Å²) in [6.45, 7) is 0. The van der Waals surface area contributed by atoms with Crippen LogP contribution in [-0.2, 0) is 5.41 Å². The normalized spacial score (nSPS) is 12.5. The molecule has 0 spiro atoms. The summed E-state index contributed by atoms with van der Waals surface area (Å²) in [5, 5.41) is 0. The second-order valence-corrected chi connectivity index (χ2v) is 14.0. The standard InChI is InChI=1S/C52H35N3/c1-4-13-36(14-5-1)37-24-28-40(29-25-37)51-54-49(34-50(55-51)42-15-12-32-53-35-42)39-26-22-38(23-27-39)41-30-31-48-46(33-41)45-20-10-11-21-47(45)52(48,43-16-6-2-7-17-43)44-18-8-3-9-19-44/h1-35H. The lowest BCUT2D eigenvalue weighted by atomic mass is 9.67. The van der Waals surface area contributed by atoms with Gasteiger partial charge in [-0.05, 0) is 79.9 Å². The van der Waals surface area contributed by atoms with Crippen LogP contribution in [0.3, 0.4) is 0 Å². The molecule has 0 atom stereocenters. The molecular weight excluding hydrogens is 667 g/mol. The van der Waals surface area contributed by atoms with E-state index in [2.05, 4.69) is 187 Å². The summed E-state index contributed by atoms with van der Waals surface area (Å²) >= 11 is 0. The maximum atomic E-state index is 5.12. The molecular formula is C52H35N3. The molecule has 0 N–H and O–H groups in total. The van der Waals surface area contributed by atoms with Crippen molar-refractivity contribution < 1.29 is 0 Å². The van der Waals surface area contributed by atoms with E-state index >= 15 is 0 Å². The summed E-state index contributed by atoms with van der Waals surface area (Å²) in [5.74, 6) is 0.678. The first kappa shape index (κ1) is 32.4. The van der Waals surface area contributed by atoms with Crippen molar-refractivity contribution in [1.29, 1.82) is 0 Å². The van der Waals surface area contributed by atoms with Gasteiger partial charge in [0.2, 0.25) is 0 Å². The molecule has 2 aromatic heterocycles. The lowest BCUT2D eigenvalue weighted by Crippen LogP contribution is -2.28. The van der Waals surface area contributed by atoms with Crippen LogP contribution in [-0.4, -0.2) is 15.0 Å². The molecule has 0 aliphatic heterocycles. The van der Waals surface area contributed by atoms with E-state index in [0.29, 0.717) is 5.82 Å². The van der Waals surface area contributed by atoms with Crippen molar-refractivity contribution in [3.63, 3.8) is 0 Å². The van der Waals surface area contributed by atoms with Crippen LogP contribution < -0.4 is 0 Å². The SMILES string of the molecule is c1ccc(-c2ccc(-c3nc(-c4ccc(-c5ccc6c(c5)-c5ccccc5C6(c5ccccc5)c5ccccc5)cc4)cc(-c4cccnc4)n3)cc2)cc1. The molecule has 0 saturated heterocycles. The molecule has 0 radical (unpaired) electrons. The van der Waals surface area contributed by atoms with Crippen LogP contribution in [0.4, 0.5) is 0 Å². The molecule has 0 bridgehead atoms. The number of fused-ring (bicyclic) bond motifs is 3. The minimum Gasteiger partial charge on any atom is -0.264 e. The predicted molar refractivity (Wildman–Crippen MR) is 224 cm³/mol. The second kappa shape index (κ2) is 13.6. The van der Waals surface area contributed by atoms with E-state index < -0.39 is 5.41 Å². The Morgan fingerprint density at radius 3 is 1.47 bits per heavy atom. The van der Waals surface area contributed by atoms with Gasteiger partial charge in [0.15, 0.2) is 5.82 Å². The molecule has 9 aromatic rings. The van der Waals surface area contributed by atoms with Crippen molar-refractivity contribution in [3.8, 4) is 67.3 Å². The highest BCUT2D eigenvalue weighted by Gasteiger charge is 2.45. The zero-order valence-corrected chi connectivity index (χ0v) is 30.0. The van der Waals surface area contributed by atoms with Gasteiger partial charge in [0, 0.05) is 29.1 Å². The zero-order chi connectivity index (χ0) is 36.6. The predicted octanol–water partition coefficient (Wildman–Crippen LogP) is 12.6. The highest BCUT2D eigenvalue weighted by molar-refractivity contribution is 5.89. The summed E-state index contributed by atoms with van der Waals surface area (Å²) in [6.07, 6.45) is 3.64. The summed E-state index contributed by atoms with van der Waals surface area (Å²) in [7, 11) is 0. The van der Waals surface area contributed by atoms with E-state index in [0.717, 1.165) is 39.2 Å². The molecule has 10 rings (SSSR count). The third kappa shape index (κ3) is 5.65. The number of nitrogens with zero attached hydrogens (tertiary/aromatic N) is 3. The Hall–Kier alpha value is -7.23. The molecule has 3 nitrogen and oxygen atoms in total. The van der Waals surface area contributed by atoms with Crippen molar-refractivity contribution in [2.75, 3.05) is 0 Å². The van der Waals surface area contributed by atoms with Crippen molar-refractivity contribution >= 4 is 0 Å². The van der Waals surface area contributed by atoms with E-state index in [1.54, 1.807) is 6.20 Å². The number of rotatable bonds is 7. The molecule has 1 aliphatic rings. The Morgan fingerprint density at radius 2 is 0.818 bits per heavy atom. The fourth-order valence-corrected chi connectivity index (χ4v) is 8.29. The quantitative estimate of drug-likeness (QED) is 0.166. The highest BCUT2D eigenvalue weighted by Crippen LogP contribution is 2.56. The van der Waals surface area contributed by atoms with Crippen molar-refractivity contribution in [2.24, 2.45) is 0 Å².